The first-order valence-electron chi connectivity index (χ1n) is 7.50. The molecule has 1 unspecified atom stereocenters. The molecule has 0 saturated heterocycles. The Balaban J connectivity index is 4.73. The molecule has 0 spiro atoms. The first-order chi connectivity index (χ1) is 9.70. The van der Waals surface area contributed by atoms with E-state index in [1.165, 1.54) is 6.92 Å². The van der Waals surface area contributed by atoms with E-state index in [2.05, 4.69) is 13.5 Å². The minimum atomic E-state index is -4.20. The van der Waals surface area contributed by atoms with E-state index in [9.17, 15) is 17.8 Å². The van der Waals surface area contributed by atoms with Crippen molar-refractivity contribution in [3.8, 4) is 0 Å². The SMILES string of the molecule is C=C(C)C(=O)OCCC(CC)(CCCCCC)S(=O)(=O)O. The second kappa shape index (κ2) is 9.20. The molecule has 124 valence electrons. The molecule has 0 aliphatic heterocycles. The van der Waals surface area contributed by atoms with Gasteiger partial charge in [-0.05, 0) is 19.8 Å². The number of hydrogen-bond acceptors (Lipinski definition) is 4. The van der Waals surface area contributed by atoms with Crippen LogP contribution in [0.1, 0.15) is 65.7 Å². The molecule has 0 radical (unpaired) electrons. The third kappa shape index (κ3) is 6.61. The lowest BCUT2D eigenvalue weighted by Gasteiger charge is -2.29. The number of esters is 1. The van der Waals surface area contributed by atoms with Crippen LogP contribution >= 0.6 is 0 Å². The normalized spacial score (nSPS) is 14.5. The first kappa shape index (κ1) is 20.1. The van der Waals surface area contributed by atoms with Crippen LogP contribution in [0.3, 0.4) is 0 Å². The fourth-order valence-corrected chi connectivity index (χ4v) is 3.35. The maximum absolute atomic E-state index is 11.8. The molecule has 0 rings (SSSR count). The van der Waals surface area contributed by atoms with E-state index in [0.29, 0.717) is 12.8 Å². The van der Waals surface area contributed by atoms with Crippen LogP contribution in [-0.4, -0.2) is 30.3 Å². The second-order valence-corrected chi connectivity index (χ2v) is 7.30. The summed E-state index contributed by atoms with van der Waals surface area (Å²) in [5.74, 6) is -0.540. The van der Waals surface area contributed by atoms with Crippen molar-refractivity contribution in [2.45, 2.75) is 70.5 Å². The monoisotopic (exact) mass is 320 g/mol. The molecule has 21 heavy (non-hydrogen) atoms. The molecule has 1 atom stereocenters. The molecule has 0 aromatic carbocycles. The van der Waals surface area contributed by atoms with Crippen molar-refractivity contribution in [1.82, 2.24) is 0 Å². The lowest BCUT2D eigenvalue weighted by atomic mass is 9.94. The van der Waals surface area contributed by atoms with Crippen LogP contribution in [0.4, 0.5) is 0 Å². The largest absolute Gasteiger partial charge is 0.462 e. The van der Waals surface area contributed by atoms with Crippen molar-refractivity contribution in [2.75, 3.05) is 6.61 Å². The summed E-state index contributed by atoms with van der Waals surface area (Å²) in [7, 11) is -4.20. The topological polar surface area (TPSA) is 80.7 Å². The highest BCUT2D eigenvalue weighted by atomic mass is 32.2. The molecule has 0 aromatic rings. The van der Waals surface area contributed by atoms with Crippen LogP contribution in [-0.2, 0) is 19.6 Å². The smallest absolute Gasteiger partial charge is 0.333 e. The average molecular weight is 320 g/mol. The highest BCUT2D eigenvalue weighted by molar-refractivity contribution is 7.87. The van der Waals surface area contributed by atoms with Gasteiger partial charge in [0.2, 0.25) is 0 Å². The quantitative estimate of drug-likeness (QED) is 0.273. The lowest BCUT2D eigenvalue weighted by Crippen LogP contribution is -2.39. The minimum absolute atomic E-state index is 0.0346. The third-order valence-corrected chi connectivity index (χ3v) is 5.61. The number of carbonyl (C=O) groups excluding carboxylic acids is 1. The van der Waals surface area contributed by atoms with Crippen molar-refractivity contribution < 1.29 is 22.5 Å². The van der Waals surface area contributed by atoms with Gasteiger partial charge in [0, 0.05) is 12.0 Å². The summed E-state index contributed by atoms with van der Waals surface area (Å²) in [4.78, 5) is 11.3. The highest BCUT2D eigenvalue weighted by Crippen LogP contribution is 2.31. The van der Waals surface area contributed by atoms with Gasteiger partial charge < -0.3 is 4.74 Å². The summed E-state index contributed by atoms with van der Waals surface area (Å²) < 4.78 is 36.8. The Bertz CT molecular complexity index is 441. The number of ether oxygens (including phenoxy) is 1. The Hall–Kier alpha value is -0.880. The van der Waals surface area contributed by atoms with Crippen LogP contribution < -0.4 is 0 Å². The minimum Gasteiger partial charge on any atom is -0.462 e. The molecule has 0 saturated carbocycles. The standard InChI is InChI=1S/C15H28O5S/c1-5-7-8-9-10-15(6-2,21(17,18)19)11-12-20-14(16)13(3)4/h3,5-12H2,1-2,4H3,(H,17,18,19). The van der Waals surface area contributed by atoms with Crippen molar-refractivity contribution in [3.63, 3.8) is 0 Å². The third-order valence-electron chi connectivity index (χ3n) is 3.82. The van der Waals surface area contributed by atoms with E-state index in [1.54, 1.807) is 6.92 Å². The van der Waals surface area contributed by atoms with Gasteiger partial charge in [-0.2, -0.15) is 8.42 Å². The van der Waals surface area contributed by atoms with Crippen LogP contribution in [0, 0.1) is 0 Å². The van der Waals surface area contributed by atoms with Gasteiger partial charge in [0.15, 0.2) is 0 Å². The molecule has 6 heteroatoms. The predicted molar refractivity (Wildman–Crippen MR) is 83.7 cm³/mol. The number of carbonyl (C=O) groups is 1. The maximum Gasteiger partial charge on any atom is 0.333 e. The van der Waals surface area contributed by atoms with Crippen LogP contribution in [0.15, 0.2) is 12.2 Å². The van der Waals surface area contributed by atoms with E-state index in [1.807, 2.05) is 0 Å². The number of rotatable bonds is 11. The number of unbranched alkanes of at least 4 members (excludes halogenated alkanes) is 3. The van der Waals surface area contributed by atoms with Gasteiger partial charge in [0.25, 0.3) is 10.1 Å². The zero-order chi connectivity index (χ0) is 16.5. The van der Waals surface area contributed by atoms with E-state index < -0.39 is 20.8 Å². The number of hydrogen-bond donors (Lipinski definition) is 1. The molecule has 5 nitrogen and oxygen atoms in total. The highest BCUT2D eigenvalue weighted by Gasteiger charge is 2.40. The summed E-state index contributed by atoms with van der Waals surface area (Å²) in [6.45, 7) is 8.77. The Labute approximate surface area is 128 Å². The van der Waals surface area contributed by atoms with Crippen LogP contribution in [0.25, 0.3) is 0 Å². The van der Waals surface area contributed by atoms with Crippen molar-refractivity contribution in [1.29, 1.82) is 0 Å². The summed E-state index contributed by atoms with van der Waals surface area (Å²) in [6, 6.07) is 0. The Kier molecular flexibility index (Phi) is 8.82. The van der Waals surface area contributed by atoms with Crippen molar-refractivity contribution in [2.24, 2.45) is 0 Å². The molecule has 0 aliphatic rings. The van der Waals surface area contributed by atoms with Crippen molar-refractivity contribution in [3.05, 3.63) is 12.2 Å². The Morgan fingerprint density at radius 1 is 1.19 bits per heavy atom. The Morgan fingerprint density at radius 2 is 1.81 bits per heavy atom. The van der Waals surface area contributed by atoms with E-state index in [0.717, 1.165) is 25.7 Å². The van der Waals surface area contributed by atoms with Gasteiger partial charge in [-0.3, -0.25) is 4.55 Å². The molecular formula is C15H28O5S. The van der Waals surface area contributed by atoms with Crippen LogP contribution in [0.5, 0.6) is 0 Å². The van der Waals surface area contributed by atoms with E-state index in [4.69, 9.17) is 4.74 Å². The fourth-order valence-electron chi connectivity index (χ4n) is 2.25. The maximum atomic E-state index is 11.8. The van der Waals surface area contributed by atoms with Gasteiger partial charge in [-0.1, -0.05) is 46.1 Å². The summed E-state index contributed by atoms with van der Waals surface area (Å²) in [6.07, 6.45) is 4.54. The van der Waals surface area contributed by atoms with Gasteiger partial charge in [0.1, 0.15) is 4.75 Å². The first-order valence-corrected chi connectivity index (χ1v) is 8.94. The second-order valence-electron chi connectivity index (χ2n) is 5.49. The average Bonchev–Trinajstić information content (AvgIpc) is 2.39. The molecular weight excluding hydrogens is 292 g/mol. The molecule has 0 bridgehead atoms. The zero-order valence-corrected chi connectivity index (χ0v) is 14.2. The molecule has 1 N–H and O–H groups in total. The molecule has 0 amide bonds. The van der Waals surface area contributed by atoms with Gasteiger partial charge in [-0.15, -0.1) is 0 Å². The van der Waals surface area contributed by atoms with Gasteiger partial charge >= 0.3 is 5.97 Å². The summed E-state index contributed by atoms with van der Waals surface area (Å²) >= 11 is 0. The van der Waals surface area contributed by atoms with Gasteiger partial charge in [-0.25, -0.2) is 4.79 Å². The lowest BCUT2D eigenvalue weighted by molar-refractivity contribution is -0.139. The van der Waals surface area contributed by atoms with Crippen molar-refractivity contribution >= 4 is 16.1 Å². The fraction of sp³-hybridized carbons (Fsp3) is 0.800. The van der Waals surface area contributed by atoms with E-state index in [-0.39, 0.29) is 18.6 Å². The predicted octanol–water partition coefficient (Wildman–Crippen LogP) is 3.50. The molecule has 0 aromatic heterocycles. The van der Waals surface area contributed by atoms with Crippen LogP contribution in [0.2, 0.25) is 0 Å². The molecule has 0 heterocycles. The van der Waals surface area contributed by atoms with E-state index >= 15 is 0 Å². The Morgan fingerprint density at radius 3 is 2.24 bits per heavy atom. The van der Waals surface area contributed by atoms with Gasteiger partial charge in [0.05, 0.1) is 6.61 Å². The molecule has 0 fully saturated rings. The summed E-state index contributed by atoms with van der Waals surface area (Å²) in [5.41, 5.74) is 0.270. The summed E-state index contributed by atoms with van der Waals surface area (Å²) in [5, 5.41) is 0. The molecule has 0 aliphatic carbocycles. The zero-order valence-electron chi connectivity index (χ0n) is 13.4.